The Morgan fingerprint density at radius 1 is 1.06 bits per heavy atom. The van der Waals surface area contributed by atoms with E-state index in [1.165, 1.54) is 22.5 Å². The van der Waals surface area contributed by atoms with Gasteiger partial charge in [-0.15, -0.1) is 0 Å². The Labute approximate surface area is 181 Å². The fourth-order valence-electron chi connectivity index (χ4n) is 3.39. The molecule has 162 valence electrons. The van der Waals surface area contributed by atoms with E-state index in [0.29, 0.717) is 17.3 Å². The van der Waals surface area contributed by atoms with E-state index in [1.807, 2.05) is 37.3 Å². The zero-order chi connectivity index (χ0) is 22.0. The molecule has 1 atom stereocenters. The van der Waals surface area contributed by atoms with Crippen LogP contribution in [-0.4, -0.2) is 42.4 Å². The van der Waals surface area contributed by atoms with Gasteiger partial charge in [-0.3, -0.25) is 0 Å². The van der Waals surface area contributed by atoms with Crippen LogP contribution in [-0.2, 0) is 14.8 Å². The van der Waals surface area contributed by atoms with Gasteiger partial charge < -0.3 is 10.1 Å². The lowest BCUT2D eigenvalue weighted by Crippen LogP contribution is -2.42. The predicted octanol–water partition coefficient (Wildman–Crippen LogP) is 3.74. The molecule has 0 bridgehead atoms. The van der Waals surface area contributed by atoms with E-state index in [9.17, 15) is 12.8 Å². The van der Waals surface area contributed by atoms with Crippen molar-refractivity contribution in [3.63, 3.8) is 0 Å². The van der Waals surface area contributed by atoms with Crippen LogP contribution in [0.1, 0.15) is 23.1 Å². The van der Waals surface area contributed by atoms with E-state index >= 15 is 0 Å². The van der Waals surface area contributed by atoms with Gasteiger partial charge in [0.2, 0.25) is 10.0 Å². The van der Waals surface area contributed by atoms with Gasteiger partial charge in [0.05, 0.1) is 17.2 Å². The van der Waals surface area contributed by atoms with Crippen LogP contribution < -0.4 is 5.32 Å². The molecule has 4 rings (SSSR count). The fraction of sp³-hybridized carbons (Fsp3) is 0.273. The summed E-state index contributed by atoms with van der Waals surface area (Å²) in [6.45, 7) is 4.03. The Balaban J connectivity index is 1.54. The molecule has 1 aliphatic rings. The molecule has 1 saturated heterocycles. The molecule has 9 heteroatoms. The number of rotatable bonds is 5. The molecule has 1 N–H and O–H groups in total. The predicted molar refractivity (Wildman–Crippen MR) is 115 cm³/mol. The maximum atomic E-state index is 13.6. The molecular weight excluding hydrogens is 419 g/mol. The molecule has 1 aliphatic heterocycles. The van der Waals surface area contributed by atoms with E-state index in [1.54, 1.807) is 13.0 Å². The lowest BCUT2D eigenvalue weighted by Gasteiger charge is -2.32. The van der Waals surface area contributed by atoms with Crippen LogP contribution in [0.3, 0.4) is 0 Å². The maximum absolute atomic E-state index is 13.6. The number of hydrogen-bond donors (Lipinski definition) is 1. The van der Waals surface area contributed by atoms with Crippen LogP contribution in [0.4, 0.5) is 16.0 Å². The molecular formula is C22H23FN4O3S. The zero-order valence-electron chi connectivity index (χ0n) is 17.2. The largest absolute Gasteiger partial charge is 0.369 e. The number of benzene rings is 1. The van der Waals surface area contributed by atoms with Crippen molar-refractivity contribution in [3.8, 4) is 0 Å². The third-order valence-corrected chi connectivity index (χ3v) is 6.90. The number of halogens is 1. The van der Waals surface area contributed by atoms with Gasteiger partial charge in [-0.1, -0.05) is 12.1 Å². The summed E-state index contributed by atoms with van der Waals surface area (Å²) < 4.78 is 46.9. The minimum Gasteiger partial charge on any atom is -0.369 e. The highest BCUT2D eigenvalue weighted by atomic mass is 32.2. The summed E-state index contributed by atoms with van der Waals surface area (Å²) in [6, 6.07) is 14.9. The summed E-state index contributed by atoms with van der Waals surface area (Å²) in [4.78, 5) is 9.06. The standard InChI is InChI=1S/C22H23FN4O3S/c1-15-13-17(9-10-18(15)23)31(28,29)27-11-12-30-20(14-27)19-6-4-8-22(25-19)26-21-7-3-5-16(2)24-21/h3-10,13,20H,11-12,14H2,1-2H3,(H,24,25,26)/t20-/m0/s1. The molecule has 1 fully saturated rings. The molecule has 0 aliphatic carbocycles. The number of sulfonamides is 1. The van der Waals surface area contributed by atoms with Crippen LogP contribution in [0.25, 0.3) is 0 Å². The number of ether oxygens (including phenoxy) is 1. The van der Waals surface area contributed by atoms with Crippen molar-refractivity contribution in [1.29, 1.82) is 0 Å². The third kappa shape index (κ3) is 4.73. The van der Waals surface area contributed by atoms with Crippen LogP contribution in [0.5, 0.6) is 0 Å². The number of aromatic nitrogens is 2. The molecule has 0 radical (unpaired) electrons. The Kier molecular flexibility index (Phi) is 5.99. The summed E-state index contributed by atoms with van der Waals surface area (Å²) in [6.07, 6.45) is -0.516. The quantitative estimate of drug-likeness (QED) is 0.648. The smallest absolute Gasteiger partial charge is 0.243 e. The Morgan fingerprint density at radius 2 is 1.81 bits per heavy atom. The number of morpholine rings is 1. The fourth-order valence-corrected chi connectivity index (χ4v) is 4.90. The molecule has 0 amide bonds. The second-order valence-corrected chi connectivity index (χ2v) is 9.31. The number of nitrogens with one attached hydrogen (secondary N) is 1. The van der Waals surface area contributed by atoms with Gasteiger partial charge in [0.15, 0.2) is 0 Å². The van der Waals surface area contributed by atoms with Crippen LogP contribution >= 0.6 is 0 Å². The van der Waals surface area contributed by atoms with Crippen molar-refractivity contribution in [2.45, 2.75) is 24.8 Å². The number of aryl methyl sites for hydroxylation is 2. The first kappa shape index (κ1) is 21.4. The van der Waals surface area contributed by atoms with Crippen LogP contribution in [0.15, 0.2) is 59.5 Å². The van der Waals surface area contributed by atoms with Crippen molar-refractivity contribution >= 4 is 21.7 Å². The molecule has 0 saturated carbocycles. The van der Waals surface area contributed by atoms with Crippen molar-refractivity contribution in [1.82, 2.24) is 14.3 Å². The topological polar surface area (TPSA) is 84.4 Å². The van der Waals surface area contributed by atoms with E-state index in [4.69, 9.17) is 4.74 Å². The summed E-state index contributed by atoms with van der Waals surface area (Å²) in [5.74, 6) is 0.828. The maximum Gasteiger partial charge on any atom is 0.243 e. The van der Waals surface area contributed by atoms with Gasteiger partial charge in [0.1, 0.15) is 23.6 Å². The first-order valence-electron chi connectivity index (χ1n) is 9.88. The molecule has 3 heterocycles. The number of nitrogens with zero attached hydrogens (tertiary/aromatic N) is 3. The molecule has 7 nitrogen and oxygen atoms in total. The summed E-state index contributed by atoms with van der Waals surface area (Å²) in [5.41, 5.74) is 1.79. The summed E-state index contributed by atoms with van der Waals surface area (Å²) in [7, 11) is -3.77. The van der Waals surface area contributed by atoms with E-state index in [0.717, 1.165) is 5.69 Å². The van der Waals surface area contributed by atoms with E-state index < -0.39 is 21.9 Å². The highest BCUT2D eigenvalue weighted by Gasteiger charge is 2.32. The molecule has 1 aromatic carbocycles. The Hall–Kier alpha value is -2.88. The van der Waals surface area contributed by atoms with Crippen molar-refractivity contribution in [3.05, 3.63) is 77.4 Å². The zero-order valence-corrected chi connectivity index (χ0v) is 18.1. The number of anilines is 2. The highest BCUT2D eigenvalue weighted by molar-refractivity contribution is 7.89. The molecule has 0 spiro atoms. The van der Waals surface area contributed by atoms with Gasteiger partial charge in [-0.05, 0) is 61.9 Å². The number of pyridine rings is 2. The Bertz CT molecular complexity index is 1200. The Morgan fingerprint density at radius 3 is 2.55 bits per heavy atom. The molecule has 3 aromatic rings. The van der Waals surface area contributed by atoms with Crippen molar-refractivity contribution in [2.24, 2.45) is 0 Å². The SMILES string of the molecule is Cc1cccc(Nc2cccc([C@@H]3CN(S(=O)(=O)c4ccc(F)c(C)c4)CCO3)n2)n1. The first-order valence-corrected chi connectivity index (χ1v) is 11.3. The van der Waals surface area contributed by atoms with E-state index in [-0.39, 0.29) is 30.2 Å². The summed E-state index contributed by atoms with van der Waals surface area (Å²) >= 11 is 0. The van der Waals surface area contributed by atoms with Gasteiger partial charge in [0.25, 0.3) is 0 Å². The minimum absolute atomic E-state index is 0.0703. The summed E-state index contributed by atoms with van der Waals surface area (Å²) in [5, 5.41) is 3.16. The van der Waals surface area contributed by atoms with Crippen molar-refractivity contribution < 1.29 is 17.5 Å². The lowest BCUT2D eigenvalue weighted by atomic mass is 10.2. The lowest BCUT2D eigenvalue weighted by molar-refractivity contribution is -0.00486. The van der Waals surface area contributed by atoms with Gasteiger partial charge in [-0.2, -0.15) is 4.31 Å². The van der Waals surface area contributed by atoms with Gasteiger partial charge in [-0.25, -0.2) is 22.8 Å². The minimum atomic E-state index is -3.77. The second-order valence-electron chi connectivity index (χ2n) is 7.37. The first-order chi connectivity index (χ1) is 14.8. The highest BCUT2D eigenvalue weighted by Crippen LogP contribution is 2.27. The average Bonchev–Trinajstić information content (AvgIpc) is 2.76. The van der Waals surface area contributed by atoms with Crippen LogP contribution in [0.2, 0.25) is 0 Å². The molecule has 0 unspecified atom stereocenters. The monoisotopic (exact) mass is 442 g/mol. The second kappa shape index (κ2) is 8.70. The van der Waals surface area contributed by atoms with Crippen LogP contribution in [0, 0.1) is 19.7 Å². The number of hydrogen-bond acceptors (Lipinski definition) is 6. The van der Waals surface area contributed by atoms with Gasteiger partial charge in [0, 0.05) is 18.8 Å². The molecule has 31 heavy (non-hydrogen) atoms. The molecule has 2 aromatic heterocycles. The van der Waals surface area contributed by atoms with Gasteiger partial charge >= 0.3 is 0 Å². The third-order valence-electron chi connectivity index (χ3n) is 5.04. The average molecular weight is 443 g/mol. The van der Waals surface area contributed by atoms with Crippen molar-refractivity contribution in [2.75, 3.05) is 25.0 Å². The normalized spacial score (nSPS) is 17.5. The van der Waals surface area contributed by atoms with E-state index in [2.05, 4.69) is 15.3 Å².